The maximum absolute atomic E-state index is 14.2. The molecule has 176 valence electrons. The number of benzene rings is 3. The molecule has 2 heterocycles. The summed E-state index contributed by atoms with van der Waals surface area (Å²) in [5.74, 6) is -0.326. The van der Waals surface area contributed by atoms with Gasteiger partial charge in [-0.15, -0.1) is 0 Å². The Morgan fingerprint density at radius 1 is 0.914 bits per heavy atom. The van der Waals surface area contributed by atoms with Gasteiger partial charge < -0.3 is 14.0 Å². The van der Waals surface area contributed by atoms with Crippen molar-refractivity contribution in [3.05, 3.63) is 107 Å². The number of fused-ring (bicyclic) bond motifs is 1. The first kappa shape index (κ1) is 22.8. The van der Waals surface area contributed by atoms with E-state index in [-0.39, 0.29) is 6.61 Å². The molecular formula is C27H20ClF2N3O2. The highest BCUT2D eigenvalue weighted by Gasteiger charge is 2.20. The van der Waals surface area contributed by atoms with Gasteiger partial charge in [0.15, 0.2) is 11.6 Å². The lowest BCUT2D eigenvalue weighted by Crippen LogP contribution is -2.05. The highest BCUT2D eigenvalue weighted by molar-refractivity contribution is 6.30. The highest BCUT2D eigenvalue weighted by Crippen LogP contribution is 2.32. The molecule has 0 unspecified atom stereocenters. The highest BCUT2D eigenvalue weighted by atomic mass is 35.5. The third-order valence-electron chi connectivity index (χ3n) is 5.57. The molecule has 8 heteroatoms. The van der Waals surface area contributed by atoms with Crippen LogP contribution < -0.4 is 9.47 Å². The van der Waals surface area contributed by atoms with Gasteiger partial charge >= 0.3 is 0 Å². The number of rotatable bonds is 7. The van der Waals surface area contributed by atoms with E-state index in [9.17, 15) is 8.78 Å². The van der Waals surface area contributed by atoms with Crippen LogP contribution >= 0.6 is 11.6 Å². The van der Waals surface area contributed by atoms with Gasteiger partial charge in [0.1, 0.15) is 18.2 Å². The summed E-state index contributed by atoms with van der Waals surface area (Å²) in [7, 11) is 1.61. The zero-order valence-corrected chi connectivity index (χ0v) is 19.5. The van der Waals surface area contributed by atoms with E-state index in [0.29, 0.717) is 39.9 Å². The Kier molecular flexibility index (Phi) is 6.33. The fourth-order valence-electron chi connectivity index (χ4n) is 3.85. The van der Waals surface area contributed by atoms with Crippen molar-refractivity contribution >= 4 is 22.6 Å². The van der Waals surface area contributed by atoms with E-state index in [1.807, 2.05) is 48.5 Å². The Morgan fingerprint density at radius 3 is 2.49 bits per heavy atom. The Hall–Kier alpha value is -3.97. The minimum absolute atomic E-state index is 0.270. The molecule has 0 aliphatic carbocycles. The van der Waals surface area contributed by atoms with E-state index in [1.165, 1.54) is 0 Å². The van der Waals surface area contributed by atoms with Crippen molar-refractivity contribution in [1.29, 1.82) is 0 Å². The van der Waals surface area contributed by atoms with Crippen molar-refractivity contribution in [3.8, 4) is 23.0 Å². The van der Waals surface area contributed by atoms with Gasteiger partial charge in [-0.3, -0.25) is 0 Å². The Balaban J connectivity index is 1.57. The van der Waals surface area contributed by atoms with Gasteiger partial charge in [-0.25, -0.2) is 18.7 Å². The summed E-state index contributed by atoms with van der Waals surface area (Å²) in [6.45, 7) is 0.607. The average Bonchev–Trinajstić information content (AvgIpc) is 3.20. The second-order valence-corrected chi connectivity index (χ2v) is 8.34. The first-order valence-electron chi connectivity index (χ1n) is 10.8. The van der Waals surface area contributed by atoms with Crippen molar-refractivity contribution in [2.45, 2.75) is 13.2 Å². The number of hydrogen-bond acceptors (Lipinski definition) is 4. The van der Waals surface area contributed by atoms with Gasteiger partial charge in [-0.05, 0) is 47.5 Å². The second-order valence-electron chi connectivity index (χ2n) is 7.90. The molecule has 0 amide bonds. The molecule has 0 spiro atoms. The molecule has 5 aromatic rings. The van der Waals surface area contributed by atoms with E-state index >= 15 is 0 Å². The largest absolute Gasteiger partial charge is 0.497 e. The minimum Gasteiger partial charge on any atom is -0.497 e. The average molecular weight is 492 g/mol. The molecular weight excluding hydrogens is 472 g/mol. The van der Waals surface area contributed by atoms with E-state index in [2.05, 4.69) is 9.97 Å². The topological polar surface area (TPSA) is 49.2 Å². The number of ether oxygens (including phenoxy) is 2. The van der Waals surface area contributed by atoms with Crippen LogP contribution in [0.25, 0.3) is 22.4 Å². The molecule has 0 aliphatic heterocycles. The van der Waals surface area contributed by atoms with E-state index < -0.39 is 11.6 Å². The summed E-state index contributed by atoms with van der Waals surface area (Å²) < 4.78 is 41.3. The molecule has 0 saturated carbocycles. The van der Waals surface area contributed by atoms with Crippen LogP contribution in [-0.4, -0.2) is 21.6 Å². The number of aromatic nitrogens is 3. The minimum atomic E-state index is -0.960. The van der Waals surface area contributed by atoms with E-state index in [1.54, 1.807) is 30.0 Å². The van der Waals surface area contributed by atoms with Crippen LogP contribution in [0.3, 0.4) is 0 Å². The number of nitrogens with zero attached hydrogens (tertiary/aromatic N) is 3. The Bertz CT molecular complexity index is 1500. The molecule has 0 bridgehead atoms. The predicted molar refractivity (Wildman–Crippen MR) is 131 cm³/mol. The first-order chi connectivity index (χ1) is 17.0. The van der Waals surface area contributed by atoms with Gasteiger partial charge in [0.2, 0.25) is 5.88 Å². The number of imidazole rings is 1. The molecule has 0 atom stereocenters. The van der Waals surface area contributed by atoms with E-state index in [0.717, 1.165) is 29.0 Å². The standard InChI is InChI=1S/C27H20ClF2N3O2/c1-34-20-9-7-17(8-10-20)16-35-27-21(6-3-11-31-27)26-32-24-13-22(29)23(30)14-25(24)33(26)15-18-4-2-5-19(28)12-18/h2-14H,15-16H2,1H3. The fourth-order valence-corrected chi connectivity index (χ4v) is 4.07. The van der Waals surface area contributed by atoms with Crippen LogP contribution in [0, 0.1) is 11.6 Å². The zero-order chi connectivity index (χ0) is 24.4. The summed E-state index contributed by atoms with van der Waals surface area (Å²) in [4.78, 5) is 9.03. The summed E-state index contributed by atoms with van der Waals surface area (Å²) in [5, 5.41) is 0.579. The number of hydrogen-bond donors (Lipinski definition) is 0. The molecule has 0 fully saturated rings. The van der Waals surface area contributed by atoms with Crippen molar-refractivity contribution < 1.29 is 18.3 Å². The fraction of sp³-hybridized carbons (Fsp3) is 0.111. The van der Waals surface area contributed by atoms with Gasteiger partial charge in [-0.1, -0.05) is 35.9 Å². The molecule has 2 aromatic heterocycles. The van der Waals surface area contributed by atoms with Gasteiger partial charge in [0.05, 0.1) is 23.7 Å². The summed E-state index contributed by atoms with van der Waals surface area (Å²) >= 11 is 6.18. The molecule has 0 radical (unpaired) electrons. The first-order valence-corrected chi connectivity index (χ1v) is 11.2. The van der Waals surface area contributed by atoms with Crippen LogP contribution in [0.15, 0.2) is 79.0 Å². The lowest BCUT2D eigenvalue weighted by molar-refractivity contribution is 0.295. The molecule has 0 N–H and O–H groups in total. The van der Waals surface area contributed by atoms with Crippen molar-refractivity contribution in [1.82, 2.24) is 14.5 Å². The second kappa shape index (κ2) is 9.72. The van der Waals surface area contributed by atoms with Crippen molar-refractivity contribution in [3.63, 3.8) is 0 Å². The SMILES string of the molecule is COc1ccc(COc2ncccc2-c2nc3cc(F)c(F)cc3n2Cc2cccc(Cl)c2)cc1. The van der Waals surface area contributed by atoms with Crippen molar-refractivity contribution in [2.75, 3.05) is 7.11 Å². The van der Waals surface area contributed by atoms with Crippen LogP contribution in [0.1, 0.15) is 11.1 Å². The maximum atomic E-state index is 14.2. The van der Waals surface area contributed by atoms with Gasteiger partial charge in [0, 0.05) is 29.9 Å². The molecule has 5 rings (SSSR count). The summed E-state index contributed by atoms with van der Waals surface area (Å²) in [6, 6.07) is 20.7. The summed E-state index contributed by atoms with van der Waals surface area (Å²) in [5.41, 5.74) is 3.18. The smallest absolute Gasteiger partial charge is 0.224 e. The summed E-state index contributed by atoms with van der Waals surface area (Å²) in [6.07, 6.45) is 1.62. The lowest BCUT2D eigenvalue weighted by atomic mass is 10.2. The quantitative estimate of drug-likeness (QED) is 0.255. The van der Waals surface area contributed by atoms with E-state index in [4.69, 9.17) is 21.1 Å². The maximum Gasteiger partial charge on any atom is 0.224 e. The number of halogens is 3. The van der Waals surface area contributed by atoms with Crippen LogP contribution in [0.4, 0.5) is 8.78 Å². The number of pyridine rings is 1. The van der Waals surface area contributed by atoms with Crippen LogP contribution in [-0.2, 0) is 13.2 Å². The molecule has 35 heavy (non-hydrogen) atoms. The van der Waals surface area contributed by atoms with Crippen molar-refractivity contribution in [2.24, 2.45) is 0 Å². The Labute approximate surface area is 205 Å². The molecule has 0 saturated heterocycles. The van der Waals surface area contributed by atoms with Crippen LogP contribution in [0.2, 0.25) is 5.02 Å². The lowest BCUT2D eigenvalue weighted by Gasteiger charge is -2.13. The molecule has 3 aromatic carbocycles. The Morgan fingerprint density at radius 2 is 1.71 bits per heavy atom. The molecule has 0 aliphatic rings. The normalized spacial score (nSPS) is 11.1. The third kappa shape index (κ3) is 4.81. The monoisotopic (exact) mass is 491 g/mol. The third-order valence-corrected chi connectivity index (χ3v) is 5.80. The van der Waals surface area contributed by atoms with Gasteiger partial charge in [0.25, 0.3) is 0 Å². The van der Waals surface area contributed by atoms with Gasteiger partial charge in [-0.2, -0.15) is 0 Å². The van der Waals surface area contributed by atoms with Crippen LogP contribution in [0.5, 0.6) is 11.6 Å². The zero-order valence-electron chi connectivity index (χ0n) is 18.7. The molecule has 5 nitrogen and oxygen atoms in total. The number of methoxy groups -OCH3 is 1. The predicted octanol–water partition coefficient (Wildman–Crippen LogP) is 6.67.